The fraction of sp³-hybridized carbons (Fsp3) is 0.462. The summed E-state index contributed by atoms with van der Waals surface area (Å²) >= 11 is 6.02. The maximum Gasteiger partial charge on any atom is 0.261 e. The van der Waals surface area contributed by atoms with Crippen molar-refractivity contribution >= 4 is 37.2 Å². The Balaban J connectivity index is 2.38. The molecular weight excluding hydrogens is 321 g/mol. The van der Waals surface area contributed by atoms with Gasteiger partial charge < -0.3 is 4.90 Å². The summed E-state index contributed by atoms with van der Waals surface area (Å²) < 4.78 is 22.7. The van der Waals surface area contributed by atoms with Gasteiger partial charge in [-0.1, -0.05) is 11.6 Å². The van der Waals surface area contributed by atoms with Gasteiger partial charge in [0.05, 0.1) is 15.5 Å². The number of piperidine rings is 1. The Labute approximate surface area is 128 Å². The van der Waals surface area contributed by atoms with Crippen LogP contribution in [0.5, 0.6) is 0 Å². The number of carbonyl (C=O) groups is 1. The number of hydrogen-bond donors (Lipinski definition) is 0. The van der Waals surface area contributed by atoms with Gasteiger partial charge in [-0.25, -0.2) is 8.42 Å². The smallest absolute Gasteiger partial charge is 0.261 e. The summed E-state index contributed by atoms with van der Waals surface area (Å²) in [6, 6.07) is 4.05. The number of hydrogen-bond acceptors (Lipinski definition) is 3. The highest BCUT2D eigenvalue weighted by Gasteiger charge is 2.26. The molecule has 0 aromatic heterocycles. The fourth-order valence-corrected chi connectivity index (χ4v) is 3.35. The molecule has 1 saturated heterocycles. The van der Waals surface area contributed by atoms with Crippen LogP contribution in [0.2, 0.25) is 5.02 Å². The van der Waals surface area contributed by atoms with Crippen molar-refractivity contribution in [2.24, 2.45) is 0 Å². The highest BCUT2D eigenvalue weighted by Crippen LogP contribution is 2.26. The van der Waals surface area contributed by atoms with Gasteiger partial charge in [0.2, 0.25) is 0 Å². The van der Waals surface area contributed by atoms with E-state index in [9.17, 15) is 13.2 Å². The molecule has 0 saturated carbocycles. The SMILES string of the molecule is CC1CCCCN1C(=O)c1cc(S(=O)(=O)Cl)ccc1Cl. The number of amides is 1. The van der Waals surface area contributed by atoms with Gasteiger partial charge in [0.1, 0.15) is 0 Å². The van der Waals surface area contributed by atoms with Crippen LogP contribution in [0.4, 0.5) is 0 Å². The minimum Gasteiger partial charge on any atom is -0.336 e. The van der Waals surface area contributed by atoms with E-state index >= 15 is 0 Å². The maximum absolute atomic E-state index is 12.5. The Morgan fingerprint density at radius 1 is 1.35 bits per heavy atom. The van der Waals surface area contributed by atoms with Crippen molar-refractivity contribution in [3.8, 4) is 0 Å². The molecule has 1 aromatic carbocycles. The molecular formula is C13H15Cl2NO3S. The highest BCUT2D eigenvalue weighted by molar-refractivity contribution is 8.13. The van der Waals surface area contributed by atoms with Crippen molar-refractivity contribution in [2.45, 2.75) is 37.1 Å². The first-order valence-corrected chi connectivity index (χ1v) is 9.04. The van der Waals surface area contributed by atoms with Crippen molar-refractivity contribution < 1.29 is 13.2 Å². The first-order chi connectivity index (χ1) is 9.30. The normalized spacial score (nSPS) is 19.9. The highest BCUT2D eigenvalue weighted by atomic mass is 35.7. The molecule has 20 heavy (non-hydrogen) atoms. The van der Waals surface area contributed by atoms with Crippen molar-refractivity contribution in [3.05, 3.63) is 28.8 Å². The second kappa shape index (κ2) is 5.92. The Morgan fingerprint density at radius 3 is 2.65 bits per heavy atom. The average molecular weight is 336 g/mol. The second-order valence-electron chi connectivity index (χ2n) is 4.92. The average Bonchev–Trinajstić information content (AvgIpc) is 2.37. The van der Waals surface area contributed by atoms with Crippen LogP contribution in [0.25, 0.3) is 0 Å². The topological polar surface area (TPSA) is 54.5 Å². The van der Waals surface area contributed by atoms with Gasteiger partial charge in [0.15, 0.2) is 0 Å². The lowest BCUT2D eigenvalue weighted by molar-refractivity contribution is 0.0635. The van der Waals surface area contributed by atoms with E-state index in [1.165, 1.54) is 18.2 Å². The molecule has 0 N–H and O–H groups in total. The van der Waals surface area contributed by atoms with E-state index in [1.807, 2.05) is 6.92 Å². The third-order valence-corrected chi connectivity index (χ3v) is 5.19. The molecule has 1 amide bonds. The van der Waals surface area contributed by atoms with E-state index < -0.39 is 9.05 Å². The minimum atomic E-state index is -3.88. The van der Waals surface area contributed by atoms with E-state index in [2.05, 4.69) is 0 Å². The van der Waals surface area contributed by atoms with Crippen molar-refractivity contribution in [3.63, 3.8) is 0 Å². The molecule has 0 bridgehead atoms. The number of halogens is 2. The number of rotatable bonds is 2. The molecule has 1 heterocycles. The zero-order valence-corrected chi connectivity index (χ0v) is 13.3. The zero-order chi connectivity index (χ0) is 14.9. The van der Waals surface area contributed by atoms with E-state index in [-0.39, 0.29) is 27.4 Å². The van der Waals surface area contributed by atoms with Crippen LogP contribution in [-0.2, 0) is 9.05 Å². The molecule has 110 valence electrons. The van der Waals surface area contributed by atoms with E-state index in [0.717, 1.165) is 19.3 Å². The van der Waals surface area contributed by atoms with Crippen LogP contribution in [0.15, 0.2) is 23.1 Å². The first kappa shape index (κ1) is 15.6. The maximum atomic E-state index is 12.5. The Morgan fingerprint density at radius 2 is 2.05 bits per heavy atom. The van der Waals surface area contributed by atoms with Crippen molar-refractivity contribution in [1.82, 2.24) is 4.90 Å². The summed E-state index contributed by atoms with van der Waals surface area (Å²) in [7, 11) is 1.43. The predicted molar refractivity (Wildman–Crippen MR) is 78.8 cm³/mol. The fourth-order valence-electron chi connectivity index (χ4n) is 2.37. The van der Waals surface area contributed by atoms with Crippen LogP contribution in [0.1, 0.15) is 36.5 Å². The quantitative estimate of drug-likeness (QED) is 0.779. The summed E-state index contributed by atoms with van der Waals surface area (Å²) in [5, 5.41) is 0.233. The van der Waals surface area contributed by atoms with Crippen LogP contribution in [0.3, 0.4) is 0 Å². The third kappa shape index (κ3) is 3.27. The number of benzene rings is 1. The second-order valence-corrected chi connectivity index (χ2v) is 7.90. The molecule has 7 heteroatoms. The van der Waals surface area contributed by atoms with Crippen LogP contribution in [-0.4, -0.2) is 31.8 Å². The van der Waals surface area contributed by atoms with Gasteiger partial charge in [-0.2, -0.15) is 0 Å². The number of carbonyl (C=O) groups excluding carboxylic acids is 1. The Hall–Kier alpha value is -0.780. The van der Waals surface area contributed by atoms with Gasteiger partial charge in [0.25, 0.3) is 15.0 Å². The molecule has 1 atom stereocenters. The molecule has 2 rings (SSSR count). The molecule has 1 aliphatic heterocycles. The summed E-state index contributed by atoms with van der Waals surface area (Å²) in [6.07, 6.45) is 2.98. The molecule has 1 fully saturated rings. The molecule has 1 aliphatic rings. The lowest BCUT2D eigenvalue weighted by Crippen LogP contribution is -2.42. The van der Waals surface area contributed by atoms with Crippen molar-refractivity contribution in [2.75, 3.05) is 6.54 Å². The minimum absolute atomic E-state index is 0.114. The van der Waals surface area contributed by atoms with Gasteiger partial charge in [-0.3, -0.25) is 4.79 Å². The molecule has 4 nitrogen and oxygen atoms in total. The van der Waals surface area contributed by atoms with Gasteiger partial charge in [-0.15, -0.1) is 0 Å². The van der Waals surface area contributed by atoms with Crippen LogP contribution < -0.4 is 0 Å². The van der Waals surface area contributed by atoms with Crippen LogP contribution in [0, 0.1) is 0 Å². The van der Waals surface area contributed by atoms with Crippen molar-refractivity contribution in [1.29, 1.82) is 0 Å². The van der Waals surface area contributed by atoms with Gasteiger partial charge >= 0.3 is 0 Å². The monoisotopic (exact) mass is 335 g/mol. The number of nitrogens with zero attached hydrogens (tertiary/aromatic N) is 1. The number of likely N-dealkylation sites (tertiary alicyclic amines) is 1. The largest absolute Gasteiger partial charge is 0.336 e. The Bertz CT molecular complexity index is 631. The van der Waals surface area contributed by atoms with E-state index in [4.69, 9.17) is 22.3 Å². The third-order valence-electron chi connectivity index (χ3n) is 3.51. The zero-order valence-electron chi connectivity index (χ0n) is 11.0. The lowest BCUT2D eigenvalue weighted by Gasteiger charge is -2.33. The summed E-state index contributed by atoms with van der Waals surface area (Å²) in [5.74, 6) is -0.246. The standard InChI is InChI=1S/C13H15Cl2NO3S/c1-9-4-2-3-7-16(9)13(17)11-8-10(20(15,18)19)5-6-12(11)14/h5-6,8-9H,2-4,7H2,1H3. The van der Waals surface area contributed by atoms with Gasteiger partial charge in [0, 0.05) is 23.3 Å². The van der Waals surface area contributed by atoms with E-state index in [1.54, 1.807) is 4.90 Å². The molecule has 1 unspecified atom stereocenters. The molecule has 1 aromatic rings. The molecule has 0 radical (unpaired) electrons. The summed E-state index contributed by atoms with van der Waals surface area (Å²) in [6.45, 7) is 2.64. The van der Waals surface area contributed by atoms with E-state index in [0.29, 0.717) is 6.54 Å². The first-order valence-electron chi connectivity index (χ1n) is 6.36. The Kier molecular flexibility index (Phi) is 4.62. The lowest BCUT2D eigenvalue weighted by atomic mass is 10.0. The molecule has 0 spiro atoms. The van der Waals surface area contributed by atoms with Gasteiger partial charge in [-0.05, 0) is 44.4 Å². The summed E-state index contributed by atoms with van der Waals surface area (Å²) in [4.78, 5) is 14.1. The molecule has 0 aliphatic carbocycles. The van der Waals surface area contributed by atoms with Crippen LogP contribution >= 0.6 is 22.3 Å². The predicted octanol–water partition coefficient (Wildman–Crippen LogP) is 3.28. The summed E-state index contributed by atoms with van der Waals surface area (Å²) in [5.41, 5.74) is 0.183.